The zero-order chi connectivity index (χ0) is 26.9. The van der Waals surface area contributed by atoms with Crippen molar-refractivity contribution in [3.05, 3.63) is 89.2 Å². The van der Waals surface area contributed by atoms with Crippen molar-refractivity contribution in [2.24, 2.45) is 7.05 Å². The number of anilines is 1. The number of benzene rings is 2. The van der Waals surface area contributed by atoms with Gasteiger partial charge in [-0.3, -0.25) is 4.79 Å². The maximum atomic E-state index is 13.7. The monoisotopic (exact) mass is 502 g/mol. The number of hydrogen-bond donors (Lipinski definition) is 1. The molecule has 1 heterocycles. The Kier molecular flexibility index (Phi) is 9.95. The van der Waals surface area contributed by atoms with Crippen molar-refractivity contribution in [1.82, 2.24) is 14.4 Å². The first kappa shape index (κ1) is 28.0. The van der Waals surface area contributed by atoms with Gasteiger partial charge in [0.15, 0.2) is 0 Å². The minimum Gasteiger partial charge on any atom is -0.353 e. The molecular weight excluding hydrogens is 460 g/mol. The third kappa shape index (κ3) is 7.48. The highest BCUT2D eigenvalue weighted by atomic mass is 16.2. The van der Waals surface area contributed by atoms with Crippen molar-refractivity contribution < 1.29 is 9.59 Å². The number of amides is 3. The van der Waals surface area contributed by atoms with Crippen LogP contribution in [0.5, 0.6) is 0 Å². The van der Waals surface area contributed by atoms with Gasteiger partial charge in [0.05, 0.1) is 6.54 Å². The quantitative estimate of drug-likeness (QED) is 0.315. The number of carbonyl (C=O) groups excluding carboxylic acids is 2. The number of urea groups is 1. The zero-order valence-corrected chi connectivity index (χ0v) is 23.2. The highest BCUT2D eigenvalue weighted by molar-refractivity contribution is 5.94. The van der Waals surface area contributed by atoms with Gasteiger partial charge in [0, 0.05) is 37.7 Å². The molecule has 2 aromatic carbocycles. The van der Waals surface area contributed by atoms with E-state index in [2.05, 4.69) is 51.2 Å². The molecule has 0 saturated carbocycles. The first-order valence-electron chi connectivity index (χ1n) is 13.3. The number of aromatic nitrogens is 1. The molecule has 0 bridgehead atoms. The number of para-hydroxylation sites is 1. The van der Waals surface area contributed by atoms with Crippen LogP contribution in [0.15, 0.2) is 66.9 Å². The fourth-order valence-electron chi connectivity index (χ4n) is 4.56. The van der Waals surface area contributed by atoms with Crippen LogP contribution in [0.2, 0.25) is 0 Å². The molecule has 37 heavy (non-hydrogen) atoms. The Bertz CT molecular complexity index is 1140. The number of nitrogens with zero attached hydrogens (tertiary/aromatic N) is 3. The summed E-state index contributed by atoms with van der Waals surface area (Å²) in [6, 6.07) is 20.0. The third-order valence-corrected chi connectivity index (χ3v) is 6.68. The molecule has 6 heteroatoms. The van der Waals surface area contributed by atoms with E-state index in [1.807, 2.05) is 72.1 Å². The van der Waals surface area contributed by atoms with Crippen LogP contribution in [0.4, 0.5) is 10.5 Å². The number of carbonyl (C=O) groups is 2. The maximum absolute atomic E-state index is 13.7. The van der Waals surface area contributed by atoms with Crippen LogP contribution in [0.1, 0.15) is 75.3 Å². The number of aryl methyl sites for hydroxylation is 1. The summed E-state index contributed by atoms with van der Waals surface area (Å²) in [6.45, 7) is 12.0. The van der Waals surface area contributed by atoms with Crippen molar-refractivity contribution >= 4 is 17.6 Å². The predicted molar refractivity (Wildman–Crippen MR) is 152 cm³/mol. The van der Waals surface area contributed by atoms with Crippen LogP contribution in [0, 0.1) is 0 Å². The van der Waals surface area contributed by atoms with Gasteiger partial charge in [-0.25, -0.2) is 4.79 Å². The Morgan fingerprint density at radius 3 is 2.03 bits per heavy atom. The van der Waals surface area contributed by atoms with E-state index in [-0.39, 0.29) is 30.3 Å². The molecule has 0 saturated heterocycles. The summed E-state index contributed by atoms with van der Waals surface area (Å²) in [7, 11) is 1.98. The predicted octanol–water partition coefficient (Wildman–Crippen LogP) is 6.74. The fraction of sp³-hybridized carbons (Fsp3) is 0.419. The second kappa shape index (κ2) is 13.1. The molecular formula is C31H42N4O2. The van der Waals surface area contributed by atoms with Crippen molar-refractivity contribution in [2.45, 2.75) is 66.0 Å². The standard InChI is InChI=1S/C31H42N4O2/c1-7-18-34(31(37)32-30-27(23(2)3)16-11-17-28(30)24(4)5)22-29(36)35(20-25-13-9-8-10-14-25)21-26-15-12-19-33(26)6/h8-17,19,23-24H,7,18,20-22H2,1-6H3,(H,32,37). The number of nitrogens with one attached hydrogen (secondary N) is 1. The molecule has 0 atom stereocenters. The van der Waals surface area contributed by atoms with E-state index in [1.54, 1.807) is 4.90 Å². The lowest BCUT2D eigenvalue weighted by molar-refractivity contribution is -0.133. The molecule has 3 aromatic rings. The smallest absolute Gasteiger partial charge is 0.322 e. The Morgan fingerprint density at radius 1 is 0.838 bits per heavy atom. The second-order valence-corrected chi connectivity index (χ2v) is 10.3. The van der Waals surface area contributed by atoms with Crippen molar-refractivity contribution in [3.8, 4) is 0 Å². The highest BCUT2D eigenvalue weighted by Gasteiger charge is 2.24. The molecule has 0 fully saturated rings. The van der Waals surface area contributed by atoms with Gasteiger partial charge in [-0.15, -0.1) is 0 Å². The van der Waals surface area contributed by atoms with Gasteiger partial charge < -0.3 is 19.7 Å². The molecule has 0 unspecified atom stereocenters. The van der Waals surface area contributed by atoms with Gasteiger partial charge in [-0.05, 0) is 47.1 Å². The Labute approximate surface area is 222 Å². The van der Waals surface area contributed by atoms with Gasteiger partial charge in [0.1, 0.15) is 6.54 Å². The molecule has 1 N–H and O–H groups in total. The normalized spacial score (nSPS) is 11.1. The van der Waals surface area contributed by atoms with Crippen LogP contribution in [0.25, 0.3) is 0 Å². The third-order valence-electron chi connectivity index (χ3n) is 6.68. The molecule has 6 nitrogen and oxygen atoms in total. The number of rotatable bonds is 11. The van der Waals surface area contributed by atoms with E-state index in [1.165, 1.54) is 0 Å². The average molecular weight is 503 g/mol. The van der Waals surface area contributed by atoms with E-state index in [4.69, 9.17) is 0 Å². The van der Waals surface area contributed by atoms with E-state index in [0.29, 0.717) is 19.6 Å². The lowest BCUT2D eigenvalue weighted by Gasteiger charge is -2.29. The molecule has 0 aliphatic rings. The van der Waals surface area contributed by atoms with Gasteiger partial charge >= 0.3 is 6.03 Å². The van der Waals surface area contributed by atoms with Crippen LogP contribution < -0.4 is 5.32 Å². The molecule has 3 rings (SSSR count). The van der Waals surface area contributed by atoms with Gasteiger partial charge in [0.2, 0.25) is 5.91 Å². The summed E-state index contributed by atoms with van der Waals surface area (Å²) >= 11 is 0. The molecule has 1 aromatic heterocycles. The minimum absolute atomic E-state index is 0.0256. The van der Waals surface area contributed by atoms with Crippen molar-refractivity contribution in [3.63, 3.8) is 0 Å². The molecule has 0 radical (unpaired) electrons. The molecule has 0 aliphatic carbocycles. The first-order valence-corrected chi connectivity index (χ1v) is 13.3. The summed E-state index contributed by atoms with van der Waals surface area (Å²) in [4.78, 5) is 30.7. The van der Waals surface area contributed by atoms with E-state index in [0.717, 1.165) is 34.5 Å². The SMILES string of the molecule is CCCN(CC(=O)N(Cc1ccccc1)Cc1cccn1C)C(=O)Nc1c(C(C)C)cccc1C(C)C. The summed E-state index contributed by atoms with van der Waals surface area (Å²) < 4.78 is 2.03. The largest absolute Gasteiger partial charge is 0.353 e. The van der Waals surface area contributed by atoms with Crippen molar-refractivity contribution in [2.75, 3.05) is 18.4 Å². The Morgan fingerprint density at radius 2 is 1.49 bits per heavy atom. The summed E-state index contributed by atoms with van der Waals surface area (Å²) in [5.74, 6) is 0.457. The zero-order valence-electron chi connectivity index (χ0n) is 23.2. The summed E-state index contributed by atoms with van der Waals surface area (Å²) in [5.41, 5.74) is 5.19. The van der Waals surface area contributed by atoms with Crippen LogP contribution in [0.3, 0.4) is 0 Å². The van der Waals surface area contributed by atoms with Crippen molar-refractivity contribution in [1.29, 1.82) is 0 Å². The lowest BCUT2D eigenvalue weighted by Crippen LogP contribution is -2.44. The summed E-state index contributed by atoms with van der Waals surface area (Å²) in [6.07, 6.45) is 2.75. The van der Waals surface area contributed by atoms with Crippen LogP contribution in [-0.4, -0.2) is 39.4 Å². The number of hydrogen-bond acceptors (Lipinski definition) is 2. The molecule has 0 aliphatic heterocycles. The average Bonchev–Trinajstić information content (AvgIpc) is 3.27. The van der Waals surface area contributed by atoms with E-state index < -0.39 is 0 Å². The van der Waals surface area contributed by atoms with Gasteiger partial charge in [0.25, 0.3) is 0 Å². The van der Waals surface area contributed by atoms with Crippen LogP contribution >= 0.6 is 0 Å². The molecule has 198 valence electrons. The van der Waals surface area contributed by atoms with E-state index in [9.17, 15) is 9.59 Å². The highest BCUT2D eigenvalue weighted by Crippen LogP contribution is 2.32. The molecule has 3 amide bonds. The fourth-order valence-corrected chi connectivity index (χ4v) is 4.56. The first-order chi connectivity index (χ1) is 17.7. The second-order valence-electron chi connectivity index (χ2n) is 10.3. The molecule has 0 spiro atoms. The Balaban J connectivity index is 1.84. The Hall–Kier alpha value is -3.54. The topological polar surface area (TPSA) is 57.6 Å². The van der Waals surface area contributed by atoms with Gasteiger partial charge in [-0.1, -0.05) is 83.1 Å². The minimum atomic E-state index is -0.233. The van der Waals surface area contributed by atoms with Gasteiger partial charge in [-0.2, -0.15) is 0 Å². The maximum Gasteiger partial charge on any atom is 0.322 e. The van der Waals surface area contributed by atoms with Crippen LogP contribution in [-0.2, 0) is 24.9 Å². The summed E-state index contributed by atoms with van der Waals surface area (Å²) in [5, 5.41) is 3.19. The van der Waals surface area contributed by atoms with E-state index >= 15 is 0 Å². The lowest BCUT2D eigenvalue weighted by atomic mass is 9.93.